The summed E-state index contributed by atoms with van der Waals surface area (Å²) in [4.78, 5) is 18.0. The summed E-state index contributed by atoms with van der Waals surface area (Å²) >= 11 is 0. The molecule has 32 heavy (non-hydrogen) atoms. The summed E-state index contributed by atoms with van der Waals surface area (Å²) in [6, 6.07) is 8.19. The summed E-state index contributed by atoms with van der Waals surface area (Å²) in [6.07, 6.45) is 5.84. The minimum absolute atomic E-state index is 0.00118. The molecule has 1 aromatic carbocycles. The van der Waals surface area contributed by atoms with E-state index in [1.165, 1.54) is 19.3 Å². The Morgan fingerprint density at radius 2 is 2.00 bits per heavy atom. The van der Waals surface area contributed by atoms with Crippen molar-refractivity contribution in [1.29, 1.82) is 0 Å². The molecule has 1 atom stereocenters. The number of aromatic amines is 1. The van der Waals surface area contributed by atoms with Gasteiger partial charge >= 0.3 is 0 Å². The highest BCUT2D eigenvalue weighted by Crippen LogP contribution is 2.33. The SMILES string of the molecule is Cc1ccc2[nH]c(=O)c(CN(CCO)[C@@H](c3nnnn3C3CCCCC3)C(C)C)cc2c1. The topological polar surface area (TPSA) is 99.9 Å². The maximum atomic E-state index is 12.9. The van der Waals surface area contributed by atoms with Gasteiger partial charge in [0.05, 0.1) is 18.7 Å². The Morgan fingerprint density at radius 1 is 1.22 bits per heavy atom. The number of aryl methyl sites for hydroxylation is 1. The molecule has 1 fully saturated rings. The smallest absolute Gasteiger partial charge is 0.252 e. The van der Waals surface area contributed by atoms with Crippen LogP contribution in [0.15, 0.2) is 29.1 Å². The van der Waals surface area contributed by atoms with E-state index in [0.717, 1.165) is 35.1 Å². The average Bonchev–Trinajstić information content (AvgIpc) is 3.24. The minimum Gasteiger partial charge on any atom is -0.395 e. The van der Waals surface area contributed by atoms with Crippen LogP contribution in [0.4, 0.5) is 0 Å². The van der Waals surface area contributed by atoms with E-state index in [2.05, 4.69) is 45.3 Å². The number of aliphatic hydroxyl groups excluding tert-OH is 1. The highest BCUT2D eigenvalue weighted by molar-refractivity contribution is 5.79. The number of hydrogen-bond donors (Lipinski definition) is 2. The third kappa shape index (κ3) is 4.76. The number of fused-ring (bicyclic) bond motifs is 1. The van der Waals surface area contributed by atoms with Crippen LogP contribution >= 0.6 is 0 Å². The molecule has 0 spiro atoms. The van der Waals surface area contributed by atoms with Gasteiger partial charge in [-0.15, -0.1) is 5.10 Å². The zero-order valence-corrected chi connectivity index (χ0v) is 19.3. The number of hydrogen-bond acceptors (Lipinski definition) is 6. The Morgan fingerprint density at radius 3 is 2.72 bits per heavy atom. The number of benzene rings is 1. The van der Waals surface area contributed by atoms with Gasteiger partial charge in [0.15, 0.2) is 5.82 Å². The van der Waals surface area contributed by atoms with Gasteiger partial charge in [-0.3, -0.25) is 9.69 Å². The zero-order chi connectivity index (χ0) is 22.7. The van der Waals surface area contributed by atoms with Crippen molar-refractivity contribution in [2.75, 3.05) is 13.2 Å². The lowest BCUT2D eigenvalue weighted by Gasteiger charge is -2.34. The molecule has 3 aromatic rings. The van der Waals surface area contributed by atoms with E-state index in [-0.39, 0.29) is 24.1 Å². The highest BCUT2D eigenvalue weighted by Gasteiger charge is 2.32. The molecule has 8 nitrogen and oxygen atoms in total. The second-order valence-corrected chi connectivity index (χ2v) is 9.37. The van der Waals surface area contributed by atoms with Crippen LogP contribution in [0.25, 0.3) is 10.9 Å². The number of aliphatic hydroxyl groups is 1. The Labute approximate surface area is 188 Å². The van der Waals surface area contributed by atoms with Gasteiger partial charge in [-0.25, -0.2) is 4.68 Å². The number of tetrazole rings is 1. The van der Waals surface area contributed by atoms with Crippen LogP contribution in [-0.4, -0.2) is 48.3 Å². The Bertz CT molecular complexity index is 1100. The summed E-state index contributed by atoms with van der Waals surface area (Å²) in [5, 5.41) is 23.7. The van der Waals surface area contributed by atoms with E-state index >= 15 is 0 Å². The second kappa shape index (κ2) is 9.92. The Balaban J connectivity index is 1.69. The summed E-state index contributed by atoms with van der Waals surface area (Å²) < 4.78 is 2.00. The van der Waals surface area contributed by atoms with Crippen molar-refractivity contribution in [1.82, 2.24) is 30.1 Å². The fraction of sp³-hybridized carbons (Fsp3) is 0.583. The van der Waals surface area contributed by atoms with Crippen molar-refractivity contribution in [2.45, 2.75) is 71.5 Å². The monoisotopic (exact) mass is 438 g/mol. The first-order valence-corrected chi connectivity index (χ1v) is 11.7. The molecule has 0 saturated heterocycles. The molecular formula is C24H34N6O2. The first kappa shape index (κ1) is 22.6. The fourth-order valence-electron chi connectivity index (χ4n) is 5.02. The number of nitrogens with one attached hydrogen (secondary N) is 1. The fourth-order valence-corrected chi connectivity index (χ4v) is 5.02. The van der Waals surface area contributed by atoms with E-state index in [0.29, 0.717) is 24.7 Å². The second-order valence-electron chi connectivity index (χ2n) is 9.37. The van der Waals surface area contributed by atoms with Crippen LogP contribution < -0.4 is 5.56 Å². The molecular weight excluding hydrogens is 404 g/mol. The van der Waals surface area contributed by atoms with Crippen LogP contribution in [-0.2, 0) is 6.54 Å². The molecule has 0 bridgehead atoms. The number of pyridine rings is 1. The lowest BCUT2D eigenvalue weighted by molar-refractivity contribution is 0.103. The standard InChI is InChI=1S/C24H34N6O2/c1-16(2)22(23-26-27-28-30(23)20-7-5-4-6-8-20)29(11-12-31)15-19-14-18-13-17(3)9-10-21(18)25-24(19)32/h9-10,13-14,16,20,22,31H,4-8,11-12,15H2,1-3H3,(H,25,32)/t22-/m1/s1. The summed E-state index contributed by atoms with van der Waals surface area (Å²) in [5.41, 5.74) is 2.56. The maximum absolute atomic E-state index is 12.9. The van der Waals surface area contributed by atoms with E-state index in [4.69, 9.17) is 0 Å². The third-order valence-electron chi connectivity index (χ3n) is 6.57. The Kier molecular flexibility index (Phi) is 7.01. The highest BCUT2D eigenvalue weighted by atomic mass is 16.3. The average molecular weight is 439 g/mol. The quantitative estimate of drug-likeness (QED) is 0.558. The van der Waals surface area contributed by atoms with Crippen molar-refractivity contribution >= 4 is 10.9 Å². The largest absolute Gasteiger partial charge is 0.395 e. The third-order valence-corrected chi connectivity index (χ3v) is 6.57. The maximum Gasteiger partial charge on any atom is 0.252 e. The van der Waals surface area contributed by atoms with Crippen molar-refractivity contribution < 1.29 is 5.11 Å². The summed E-state index contributed by atoms with van der Waals surface area (Å²) in [5.74, 6) is 1.03. The van der Waals surface area contributed by atoms with Crippen LogP contribution in [0.2, 0.25) is 0 Å². The molecule has 4 rings (SSSR count). The van der Waals surface area contributed by atoms with Gasteiger partial charge in [0.25, 0.3) is 5.56 Å². The van der Waals surface area contributed by atoms with Gasteiger partial charge in [0, 0.05) is 24.2 Å². The van der Waals surface area contributed by atoms with Gasteiger partial charge in [0.2, 0.25) is 0 Å². The number of aromatic nitrogens is 5. The van der Waals surface area contributed by atoms with E-state index in [1.54, 1.807) is 0 Å². The lowest BCUT2D eigenvalue weighted by atomic mass is 9.94. The van der Waals surface area contributed by atoms with Crippen molar-refractivity contribution in [2.24, 2.45) is 5.92 Å². The molecule has 1 saturated carbocycles. The van der Waals surface area contributed by atoms with E-state index in [1.807, 2.05) is 29.8 Å². The van der Waals surface area contributed by atoms with Crippen molar-refractivity contribution in [3.63, 3.8) is 0 Å². The van der Waals surface area contributed by atoms with Gasteiger partial charge in [-0.1, -0.05) is 44.7 Å². The summed E-state index contributed by atoms with van der Waals surface area (Å²) in [7, 11) is 0. The van der Waals surface area contributed by atoms with Crippen LogP contribution in [0, 0.1) is 12.8 Å². The lowest BCUT2D eigenvalue weighted by Crippen LogP contribution is -2.38. The molecule has 8 heteroatoms. The predicted molar refractivity (Wildman–Crippen MR) is 124 cm³/mol. The van der Waals surface area contributed by atoms with Gasteiger partial charge in [-0.2, -0.15) is 0 Å². The first-order valence-electron chi connectivity index (χ1n) is 11.7. The van der Waals surface area contributed by atoms with Crippen LogP contribution in [0.1, 0.15) is 75.0 Å². The number of nitrogens with zero attached hydrogens (tertiary/aromatic N) is 5. The molecule has 0 unspecified atom stereocenters. The van der Waals surface area contributed by atoms with E-state index < -0.39 is 0 Å². The van der Waals surface area contributed by atoms with Crippen LogP contribution in [0.5, 0.6) is 0 Å². The van der Waals surface area contributed by atoms with Crippen LogP contribution in [0.3, 0.4) is 0 Å². The summed E-state index contributed by atoms with van der Waals surface area (Å²) in [6.45, 7) is 7.18. The molecule has 1 aliphatic carbocycles. The molecule has 0 radical (unpaired) electrons. The predicted octanol–water partition coefficient (Wildman–Crippen LogP) is 3.52. The molecule has 172 valence electrons. The molecule has 0 aliphatic heterocycles. The Hall–Kier alpha value is -2.58. The minimum atomic E-state index is -0.105. The zero-order valence-electron chi connectivity index (χ0n) is 19.3. The van der Waals surface area contributed by atoms with Crippen molar-refractivity contribution in [3.8, 4) is 0 Å². The first-order chi connectivity index (χ1) is 15.5. The van der Waals surface area contributed by atoms with Gasteiger partial charge in [-0.05, 0) is 59.7 Å². The number of rotatable bonds is 8. The molecule has 2 heterocycles. The molecule has 2 N–H and O–H groups in total. The van der Waals surface area contributed by atoms with Gasteiger partial charge in [0.1, 0.15) is 0 Å². The van der Waals surface area contributed by atoms with Gasteiger partial charge < -0.3 is 10.1 Å². The van der Waals surface area contributed by atoms with Crippen molar-refractivity contribution in [3.05, 3.63) is 51.6 Å². The molecule has 1 aliphatic rings. The normalized spacial score (nSPS) is 16.3. The number of H-pyrrole nitrogens is 1. The van der Waals surface area contributed by atoms with E-state index in [9.17, 15) is 9.90 Å². The molecule has 0 amide bonds. The molecule has 2 aromatic heterocycles.